The van der Waals surface area contributed by atoms with Gasteiger partial charge in [-0.2, -0.15) is 0 Å². The van der Waals surface area contributed by atoms with E-state index in [1.165, 1.54) is 6.07 Å². The molecule has 0 saturated heterocycles. The molecule has 0 heterocycles. The van der Waals surface area contributed by atoms with Gasteiger partial charge in [0.2, 0.25) is 0 Å². The number of nitrogens with one attached hydrogen (secondary N) is 1. The summed E-state index contributed by atoms with van der Waals surface area (Å²) in [5, 5.41) is 13.0. The predicted octanol–water partition coefficient (Wildman–Crippen LogP) is 3.33. The monoisotopic (exact) mass is 323 g/mol. The van der Waals surface area contributed by atoms with Crippen molar-refractivity contribution in [2.24, 2.45) is 0 Å². The second-order valence-corrected chi connectivity index (χ2v) is 5.51. The summed E-state index contributed by atoms with van der Waals surface area (Å²) >= 11 is 11.9. The molecule has 0 aliphatic rings. The minimum absolute atomic E-state index is 0.154. The highest BCUT2D eigenvalue weighted by Gasteiger charge is 2.16. The Hall–Kier alpha value is -1.55. The first-order valence-corrected chi connectivity index (χ1v) is 7.26. The molecule has 0 aliphatic heterocycles. The van der Waals surface area contributed by atoms with Crippen LogP contribution in [0.1, 0.15) is 15.9 Å². The molecule has 0 bridgehead atoms. The van der Waals surface area contributed by atoms with E-state index in [1.54, 1.807) is 12.1 Å². The highest BCUT2D eigenvalue weighted by Crippen LogP contribution is 2.20. The van der Waals surface area contributed by atoms with Gasteiger partial charge in [0.15, 0.2) is 0 Å². The van der Waals surface area contributed by atoms with Crippen molar-refractivity contribution in [2.75, 3.05) is 6.61 Å². The van der Waals surface area contributed by atoms with Gasteiger partial charge >= 0.3 is 0 Å². The Morgan fingerprint density at radius 3 is 2.52 bits per heavy atom. The van der Waals surface area contributed by atoms with Gasteiger partial charge in [-0.1, -0.05) is 53.5 Å². The van der Waals surface area contributed by atoms with E-state index >= 15 is 0 Å². The fraction of sp³-hybridized carbons (Fsp3) is 0.188. The lowest BCUT2D eigenvalue weighted by Crippen LogP contribution is -2.39. The standard InChI is InChI=1S/C16H15Cl2NO2/c17-12-6-7-15(18)14(9-12)16(21)19-13(10-20)8-11-4-2-1-3-5-11/h1-7,9,13,20H,8,10H2,(H,19,21)/t13-/m1/s1. The van der Waals surface area contributed by atoms with Gasteiger partial charge < -0.3 is 10.4 Å². The maximum absolute atomic E-state index is 12.2. The van der Waals surface area contributed by atoms with Crippen LogP contribution in [0.15, 0.2) is 48.5 Å². The summed E-state index contributed by atoms with van der Waals surface area (Å²) in [6, 6.07) is 14.0. The van der Waals surface area contributed by atoms with Crippen LogP contribution >= 0.6 is 23.2 Å². The van der Waals surface area contributed by atoms with E-state index in [-0.39, 0.29) is 18.6 Å². The summed E-state index contributed by atoms with van der Waals surface area (Å²) < 4.78 is 0. The molecule has 3 nitrogen and oxygen atoms in total. The van der Waals surface area contributed by atoms with E-state index < -0.39 is 0 Å². The molecular weight excluding hydrogens is 309 g/mol. The van der Waals surface area contributed by atoms with E-state index in [4.69, 9.17) is 23.2 Å². The number of halogens is 2. The van der Waals surface area contributed by atoms with Gasteiger partial charge in [0.05, 0.1) is 23.2 Å². The first kappa shape index (κ1) is 15.8. The van der Waals surface area contributed by atoms with Crippen molar-refractivity contribution in [1.82, 2.24) is 5.32 Å². The van der Waals surface area contributed by atoms with Crippen LogP contribution in [-0.4, -0.2) is 23.7 Å². The lowest BCUT2D eigenvalue weighted by Gasteiger charge is -2.17. The number of benzene rings is 2. The Bertz CT molecular complexity index is 617. The number of carbonyl (C=O) groups is 1. The van der Waals surface area contributed by atoms with Crippen molar-refractivity contribution in [3.05, 3.63) is 69.7 Å². The Balaban J connectivity index is 2.07. The molecule has 1 amide bonds. The zero-order valence-corrected chi connectivity index (χ0v) is 12.7. The first-order chi connectivity index (χ1) is 10.1. The zero-order valence-electron chi connectivity index (χ0n) is 11.2. The van der Waals surface area contributed by atoms with Crippen molar-refractivity contribution < 1.29 is 9.90 Å². The van der Waals surface area contributed by atoms with Crippen LogP contribution in [0.4, 0.5) is 0 Å². The number of aliphatic hydroxyl groups is 1. The minimum Gasteiger partial charge on any atom is -0.394 e. The Kier molecular flexibility index (Phi) is 5.62. The highest BCUT2D eigenvalue weighted by atomic mass is 35.5. The van der Waals surface area contributed by atoms with Crippen LogP contribution in [0.5, 0.6) is 0 Å². The largest absolute Gasteiger partial charge is 0.394 e. The van der Waals surface area contributed by atoms with Crippen molar-refractivity contribution in [3.63, 3.8) is 0 Å². The smallest absolute Gasteiger partial charge is 0.253 e. The minimum atomic E-state index is -0.380. The molecule has 2 rings (SSSR count). The molecular formula is C16H15Cl2NO2. The number of rotatable bonds is 5. The SMILES string of the molecule is O=C(N[C@@H](CO)Cc1ccccc1)c1cc(Cl)ccc1Cl. The Morgan fingerprint density at radius 1 is 1.14 bits per heavy atom. The quantitative estimate of drug-likeness (QED) is 0.886. The molecule has 21 heavy (non-hydrogen) atoms. The average molecular weight is 324 g/mol. The summed E-state index contributed by atoms with van der Waals surface area (Å²) in [5.74, 6) is -0.350. The van der Waals surface area contributed by atoms with Gasteiger partial charge in [0.1, 0.15) is 0 Å². The van der Waals surface area contributed by atoms with E-state index in [0.29, 0.717) is 22.0 Å². The molecule has 0 aliphatic carbocycles. The number of carbonyl (C=O) groups excluding carboxylic acids is 1. The molecule has 1 atom stereocenters. The average Bonchev–Trinajstić information content (AvgIpc) is 2.50. The normalized spacial score (nSPS) is 12.0. The van der Waals surface area contributed by atoms with Gasteiger partial charge in [-0.3, -0.25) is 4.79 Å². The zero-order chi connectivity index (χ0) is 15.2. The molecule has 2 aromatic rings. The lowest BCUT2D eigenvalue weighted by molar-refractivity contribution is 0.0916. The number of hydrogen-bond acceptors (Lipinski definition) is 2. The molecule has 0 radical (unpaired) electrons. The summed E-state index contributed by atoms with van der Waals surface area (Å²) in [4.78, 5) is 12.2. The van der Waals surface area contributed by atoms with Crippen LogP contribution in [-0.2, 0) is 6.42 Å². The van der Waals surface area contributed by atoms with E-state index in [9.17, 15) is 9.90 Å². The summed E-state index contributed by atoms with van der Waals surface area (Å²) in [6.45, 7) is -0.154. The molecule has 0 fully saturated rings. The van der Waals surface area contributed by atoms with Gasteiger partial charge in [-0.15, -0.1) is 0 Å². The van der Waals surface area contributed by atoms with Gasteiger partial charge in [-0.05, 0) is 30.2 Å². The Labute approximate surface area is 133 Å². The summed E-state index contributed by atoms with van der Waals surface area (Å²) in [5.41, 5.74) is 1.34. The molecule has 0 unspecified atom stereocenters. The van der Waals surface area contributed by atoms with Crippen LogP contribution < -0.4 is 5.32 Å². The van der Waals surface area contributed by atoms with Crippen molar-refractivity contribution in [2.45, 2.75) is 12.5 Å². The second kappa shape index (κ2) is 7.46. The second-order valence-electron chi connectivity index (χ2n) is 4.67. The third-order valence-electron chi connectivity index (χ3n) is 3.05. The van der Waals surface area contributed by atoms with Crippen LogP contribution in [0.3, 0.4) is 0 Å². The van der Waals surface area contributed by atoms with Crippen molar-refractivity contribution >= 4 is 29.1 Å². The van der Waals surface area contributed by atoms with Gasteiger partial charge in [0, 0.05) is 5.02 Å². The number of aliphatic hydroxyl groups excluding tert-OH is 1. The van der Waals surface area contributed by atoms with E-state index in [2.05, 4.69) is 5.32 Å². The maximum atomic E-state index is 12.2. The number of hydrogen-bond donors (Lipinski definition) is 2. The molecule has 110 valence electrons. The molecule has 5 heteroatoms. The maximum Gasteiger partial charge on any atom is 0.253 e. The lowest BCUT2D eigenvalue weighted by atomic mass is 10.1. The van der Waals surface area contributed by atoms with Crippen LogP contribution in [0.25, 0.3) is 0 Å². The first-order valence-electron chi connectivity index (χ1n) is 6.51. The Morgan fingerprint density at radius 2 is 1.86 bits per heavy atom. The van der Waals surface area contributed by atoms with Crippen molar-refractivity contribution in [3.8, 4) is 0 Å². The van der Waals surface area contributed by atoms with Crippen LogP contribution in [0, 0.1) is 0 Å². The molecule has 0 spiro atoms. The summed E-state index contributed by atoms with van der Waals surface area (Å²) in [7, 11) is 0. The molecule has 0 saturated carbocycles. The van der Waals surface area contributed by atoms with E-state index in [1.807, 2.05) is 30.3 Å². The third-order valence-corrected chi connectivity index (χ3v) is 3.62. The van der Waals surface area contributed by atoms with Gasteiger partial charge in [0.25, 0.3) is 5.91 Å². The third kappa shape index (κ3) is 4.46. The highest BCUT2D eigenvalue weighted by molar-refractivity contribution is 6.35. The van der Waals surface area contributed by atoms with Crippen LogP contribution in [0.2, 0.25) is 10.0 Å². The molecule has 0 aromatic heterocycles. The predicted molar refractivity (Wildman–Crippen MR) is 84.9 cm³/mol. The summed E-state index contributed by atoms with van der Waals surface area (Å²) in [6.07, 6.45) is 0.543. The molecule has 2 N–H and O–H groups in total. The number of amides is 1. The van der Waals surface area contributed by atoms with Crippen molar-refractivity contribution in [1.29, 1.82) is 0 Å². The van der Waals surface area contributed by atoms with Gasteiger partial charge in [-0.25, -0.2) is 0 Å². The fourth-order valence-electron chi connectivity index (χ4n) is 1.99. The topological polar surface area (TPSA) is 49.3 Å². The fourth-order valence-corrected chi connectivity index (χ4v) is 2.37. The molecule has 2 aromatic carbocycles. The van der Waals surface area contributed by atoms with E-state index in [0.717, 1.165) is 5.56 Å².